The number of nitrogens with one attached hydrogen (secondary N) is 1. The molecule has 0 unspecified atom stereocenters. The van der Waals surface area contributed by atoms with E-state index in [0.29, 0.717) is 25.5 Å². The topological polar surface area (TPSA) is 90.7 Å². The van der Waals surface area contributed by atoms with Gasteiger partial charge in [0.05, 0.1) is 4.92 Å². The van der Waals surface area contributed by atoms with Crippen LogP contribution in [0.5, 0.6) is 5.75 Å². The van der Waals surface area contributed by atoms with E-state index in [4.69, 9.17) is 9.47 Å². The normalized spacial score (nSPS) is 15.7. The van der Waals surface area contributed by atoms with E-state index < -0.39 is 4.92 Å². The number of nitro benzene ring substituents is 1. The van der Waals surface area contributed by atoms with E-state index in [0.717, 1.165) is 12.8 Å². The molecule has 1 N–H and O–H groups in total. The van der Waals surface area contributed by atoms with E-state index in [2.05, 4.69) is 17.4 Å². The number of benzene rings is 2. The Morgan fingerprint density at radius 3 is 2.41 bits per heavy atom. The summed E-state index contributed by atoms with van der Waals surface area (Å²) in [5, 5.41) is 13.6. The van der Waals surface area contributed by atoms with Gasteiger partial charge in [0.15, 0.2) is 6.61 Å². The monoisotopic (exact) mass is 370 g/mol. The maximum Gasteiger partial charge on any atom is 0.269 e. The molecule has 1 saturated heterocycles. The van der Waals surface area contributed by atoms with E-state index in [9.17, 15) is 14.9 Å². The number of hydrogen-bond donors (Lipinski definition) is 1. The van der Waals surface area contributed by atoms with E-state index in [1.54, 1.807) is 0 Å². The van der Waals surface area contributed by atoms with Crippen LogP contribution in [0.25, 0.3) is 0 Å². The molecule has 7 heteroatoms. The minimum absolute atomic E-state index is 0.0175. The number of amides is 1. The number of nitro groups is 1. The predicted octanol–water partition coefficient (Wildman–Crippen LogP) is 2.84. The van der Waals surface area contributed by atoms with Gasteiger partial charge in [0.1, 0.15) is 5.75 Å². The molecule has 1 heterocycles. The van der Waals surface area contributed by atoms with Crippen LogP contribution < -0.4 is 10.1 Å². The molecule has 0 atom stereocenters. The van der Waals surface area contributed by atoms with Crippen molar-refractivity contribution in [2.75, 3.05) is 26.4 Å². The van der Waals surface area contributed by atoms with Gasteiger partial charge >= 0.3 is 0 Å². The van der Waals surface area contributed by atoms with Crippen molar-refractivity contribution in [3.05, 3.63) is 70.3 Å². The van der Waals surface area contributed by atoms with Crippen LogP contribution >= 0.6 is 0 Å². The highest BCUT2D eigenvalue weighted by Crippen LogP contribution is 2.34. The molecule has 0 radical (unpaired) electrons. The summed E-state index contributed by atoms with van der Waals surface area (Å²) in [5.41, 5.74) is 1.05. The lowest BCUT2D eigenvalue weighted by molar-refractivity contribution is -0.384. The lowest BCUT2D eigenvalue weighted by Crippen LogP contribution is -2.45. The summed E-state index contributed by atoms with van der Waals surface area (Å²) < 4.78 is 10.9. The van der Waals surface area contributed by atoms with Crippen molar-refractivity contribution in [2.45, 2.75) is 18.3 Å². The third kappa shape index (κ3) is 4.83. The highest BCUT2D eigenvalue weighted by molar-refractivity contribution is 5.77. The van der Waals surface area contributed by atoms with Crippen molar-refractivity contribution in [3.8, 4) is 5.75 Å². The van der Waals surface area contributed by atoms with Crippen LogP contribution in [0.2, 0.25) is 0 Å². The van der Waals surface area contributed by atoms with Crippen LogP contribution in [0.3, 0.4) is 0 Å². The zero-order valence-electron chi connectivity index (χ0n) is 14.9. The van der Waals surface area contributed by atoms with Gasteiger partial charge in [-0.05, 0) is 30.5 Å². The SMILES string of the molecule is O=C(COc1ccc([N+](=O)[O-])cc1)NCC1(c2ccccc2)CCOCC1. The first kappa shape index (κ1) is 18.8. The molecule has 2 aromatic rings. The zero-order chi connectivity index (χ0) is 19.1. The van der Waals surface area contributed by atoms with Crippen LogP contribution in [0.4, 0.5) is 5.69 Å². The Bertz CT molecular complexity index is 771. The second-order valence-corrected chi connectivity index (χ2v) is 6.58. The largest absolute Gasteiger partial charge is 0.484 e. The average molecular weight is 370 g/mol. The van der Waals surface area contributed by atoms with Gasteiger partial charge < -0.3 is 14.8 Å². The number of ether oxygens (including phenoxy) is 2. The highest BCUT2D eigenvalue weighted by Gasteiger charge is 2.34. The molecule has 27 heavy (non-hydrogen) atoms. The Morgan fingerprint density at radius 1 is 1.11 bits per heavy atom. The molecule has 1 amide bonds. The molecule has 1 aliphatic rings. The fraction of sp³-hybridized carbons (Fsp3) is 0.350. The second kappa shape index (κ2) is 8.64. The van der Waals surface area contributed by atoms with Gasteiger partial charge in [-0.2, -0.15) is 0 Å². The second-order valence-electron chi connectivity index (χ2n) is 6.58. The smallest absolute Gasteiger partial charge is 0.269 e. The molecular weight excluding hydrogens is 348 g/mol. The quantitative estimate of drug-likeness (QED) is 0.598. The van der Waals surface area contributed by atoms with Crippen molar-refractivity contribution in [2.24, 2.45) is 0 Å². The van der Waals surface area contributed by atoms with Gasteiger partial charge in [0.25, 0.3) is 11.6 Å². The van der Waals surface area contributed by atoms with Crippen molar-refractivity contribution < 1.29 is 19.2 Å². The zero-order valence-corrected chi connectivity index (χ0v) is 14.9. The van der Waals surface area contributed by atoms with Gasteiger partial charge in [-0.3, -0.25) is 14.9 Å². The maximum absolute atomic E-state index is 12.2. The third-order valence-corrected chi connectivity index (χ3v) is 4.88. The summed E-state index contributed by atoms with van der Waals surface area (Å²) >= 11 is 0. The van der Waals surface area contributed by atoms with Crippen molar-refractivity contribution in [1.82, 2.24) is 5.32 Å². The average Bonchev–Trinajstić information content (AvgIpc) is 2.72. The Morgan fingerprint density at radius 2 is 1.78 bits per heavy atom. The molecule has 0 aliphatic carbocycles. The highest BCUT2D eigenvalue weighted by atomic mass is 16.6. The van der Waals surface area contributed by atoms with Gasteiger partial charge in [0, 0.05) is 37.3 Å². The Balaban J connectivity index is 1.56. The first-order chi connectivity index (χ1) is 13.1. The number of carbonyl (C=O) groups is 1. The van der Waals surface area contributed by atoms with Crippen molar-refractivity contribution >= 4 is 11.6 Å². The first-order valence-electron chi connectivity index (χ1n) is 8.86. The van der Waals surface area contributed by atoms with Crippen LogP contribution in [0.15, 0.2) is 54.6 Å². The van der Waals surface area contributed by atoms with Crippen LogP contribution in [-0.2, 0) is 14.9 Å². The number of nitrogens with zero attached hydrogens (tertiary/aromatic N) is 1. The molecule has 3 rings (SSSR count). The number of carbonyl (C=O) groups excluding carboxylic acids is 1. The van der Waals surface area contributed by atoms with E-state index in [1.807, 2.05) is 18.2 Å². The molecule has 1 fully saturated rings. The summed E-state index contributed by atoms with van der Waals surface area (Å²) in [6, 6.07) is 15.8. The summed E-state index contributed by atoms with van der Waals surface area (Å²) in [5.74, 6) is 0.190. The van der Waals surface area contributed by atoms with E-state index in [1.165, 1.54) is 29.8 Å². The molecule has 0 saturated carbocycles. The molecule has 0 aromatic heterocycles. The van der Waals surface area contributed by atoms with E-state index >= 15 is 0 Å². The Kier molecular flexibility index (Phi) is 6.03. The summed E-state index contributed by atoms with van der Waals surface area (Å²) in [4.78, 5) is 22.4. The number of non-ortho nitro benzene ring substituents is 1. The van der Waals surface area contributed by atoms with Crippen LogP contribution in [-0.4, -0.2) is 37.2 Å². The number of rotatable bonds is 7. The molecule has 7 nitrogen and oxygen atoms in total. The molecule has 0 spiro atoms. The van der Waals surface area contributed by atoms with Gasteiger partial charge in [-0.15, -0.1) is 0 Å². The standard InChI is InChI=1S/C20H22N2O5/c23-19(14-27-18-8-6-17(7-9-18)22(24)25)21-15-20(10-12-26-13-11-20)16-4-2-1-3-5-16/h1-9H,10-15H2,(H,21,23). The Labute approximate surface area is 157 Å². The molecule has 0 bridgehead atoms. The third-order valence-electron chi connectivity index (χ3n) is 4.88. The van der Waals surface area contributed by atoms with Crippen molar-refractivity contribution in [1.29, 1.82) is 0 Å². The lowest BCUT2D eigenvalue weighted by Gasteiger charge is -2.38. The molecular formula is C20H22N2O5. The Hall–Kier alpha value is -2.93. The van der Waals surface area contributed by atoms with E-state index in [-0.39, 0.29) is 23.6 Å². The van der Waals surface area contributed by atoms with Crippen molar-refractivity contribution in [3.63, 3.8) is 0 Å². The fourth-order valence-electron chi connectivity index (χ4n) is 3.25. The first-order valence-corrected chi connectivity index (χ1v) is 8.86. The van der Waals surface area contributed by atoms with Crippen LogP contribution in [0.1, 0.15) is 18.4 Å². The molecule has 2 aromatic carbocycles. The predicted molar refractivity (Wildman–Crippen MR) is 99.8 cm³/mol. The molecule has 1 aliphatic heterocycles. The number of hydrogen-bond acceptors (Lipinski definition) is 5. The van der Waals surface area contributed by atoms with Crippen LogP contribution in [0, 0.1) is 10.1 Å². The minimum atomic E-state index is -0.479. The molecule has 142 valence electrons. The summed E-state index contributed by atoms with van der Waals surface area (Å²) in [6.07, 6.45) is 1.70. The van der Waals surface area contributed by atoms with Gasteiger partial charge in [-0.1, -0.05) is 30.3 Å². The fourth-order valence-corrected chi connectivity index (χ4v) is 3.25. The van der Waals surface area contributed by atoms with Gasteiger partial charge in [-0.25, -0.2) is 0 Å². The lowest BCUT2D eigenvalue weighted by atomic mass is 9.74. The maximum atomic E-state index is 12.2. The summed E-state index contributed by atoms with van der Waals surface area (Å²) in [7, 11) is 0. The van der Waals surface area contributed by atoms with Gasteiger partial charge in [0.2, 0.25) is 0 Å². The minimum Gasteiger partial charge on any atom is -0.484 e. The summed E-state index contributed by atoms with van der Waals surface area (Å²) in [6.45, 7) is 1.72.